The number of nitrogens with zero attached hydrogens (tertiary/aromatic N) is 1. The smallest absolute Gasteiger partial charge is 0.328 e. The highest BCUT2D eigenvalue weighted by Gasteiger charge is 2.34. The Labute approximate surface area is 129 Å². The number of esters is 1. The van der Waals surface area contributed by atoms with E-state index in [-0.39, 0.29) is 18.5 Å². The van der Waals surface area contributed by atoms with Gasteiger partial charge in [-0.2, -0.15) is 0 Å². The molecule has 0 aromatic heterocycles. The average molecular weight is 295 g/mol. The molecule has 0 saturated heterocycles. The number of fused-ring (bicyclic) bond motifs is 1. The van der Waals surface area contributed by atoms with Crippen LogP contribution in [0.2, 0.25) is 0 Å². The second-order valence-electron chi connectivity index (χ2n) is 5.36. The summed E-state index contributed by atoms with van der Waals surface area (Å²) in [5, 5.41) is 0. The molecule has 1 aliphatic heterocycles. The first-order valence-electron chi connectivity index (χ1n) is 7.26. The van der Waals surface area contributed by atoms with Crippen LogP contribution in [0.15, 0.2) is 54.6 Å². The predicted molar refractivity (Wildman–Crippen MR) is 82.0 cm³/mol. The molecular weight excluding hydrogens is 278 g/mol. The van der Waals surface area contributed by atoms with Gasteiger partial charge in [0.05, 0.1) is 0 Å². The number of carbonyl (C=O) groups excluding carboxylic acids is 2. The van der Waals surface area contributed by atoms with Crippen molar-refractivity contribution in [2.45, 2.75) is 26.1 Å². The molecule has 3 rings (SSSR count). The van der Waals surface area contributed by atoms with Crippen LogP contribution in [0, 0.1) is 0 Å². The molecule has 1 aliphatic rings. The summed E-state index contributed by atoms with van der Waals surface area (Å²) < 4.78 is 5.32. The van der Waals surface area contributed by atoms with Gasteiger partial charge >= 0.3 is 5.97 Å². The van der Waals surface area contributed by atoms with Crippen LogP contribution in [0.25, 0.3) is 0 Å². The molecule has 4 heteroatoms. The van der Waals surface area contributed by atoms with Gasteiger partial charge in [0, 0.05) is 12.1 Å². The van der Waals surface area contributed by atoms with Gasteiger partial charge in [-0.05, 0) is 24.1 Å². The maximum Gasteiger partial charge on any atom is 0.328 e. The van der Waals surface area contributed by atoms with E-state index in [2.05, 4.69) is 0 Å². The molecule has 4 nitrogen and oxygen atoms in total. The van der Waals surface area contributed by atoms with E-state index in [1.165, 1.54) is 0 Å². The van der Waals surface area contributed by atoms with Crippen molar-refractivity contribution in [3.8, 4) is 0 Å². The quantitative estimate of drug-likeness (QED) is 0.815. The lowest BCUT2D eigenvalue weighted by molar-refractivity contribution is -0.149. The van der Waals surface area contributed by atoms with Crippen LogP contribution >= 0.6 is 0 Å². The standard InChI is InChI=1S/C18H17NO3/c1-13(18(21)22-12-14-7-3-2-4-8-14)19-11-15-9-5-6-10-16(15)17(19)20/h2-10,13H,11-12H2,1H3. The van der Waals surface area contributed by atoms with Crippen LogP contribution in [0.1, 0.15) is 28.4 Å². The van der Waals surface area contributed by atoms with Gasteiger partial charge in [-0.3, -0.25) is 4.79 Å². The Morgan fingerprint density at radius 2 is 1.82 bits per heavy atom. The van der Waals surface area contributed by atoms with Gasteiger partial charge in [0.2, 0.25) is 0 Å². The lowest BCUT2D eigenvalue weighted by Gasteiger charge is -2.22. The molecule has 1 atom stereocenters. The molecule has 0 spiro atoms. The predicted octanol–water partition coefficient (Wildman–Crippen LogP) is 2.77. The number of benzene rings is 2. The Morgan fingerprint density at radius 3 is 2.55 bits per heavy atom. The Morgan fingerprint density at radius 1 is 1.14 bits per heavy atom. The molecule has 0 radical (unpaired) electrons. The second-order valence-corrected chi connectivity index (χ2v) is 5.36. The topological polar surface area (TPSA) is 46.6 Å². The van der Waals surface area contributed by atoms with Gasteiger partial charge in [0.15, 0.2) is 0 Å². The minimum atomic E-state index is -0.594. The summed E-state index contributed by atoms with van der Waals surface area (Å²) in [6.07, 6.45) is 0. The number of hydrogen-bond donors (Lipinski definition) is 0. The van der Waals surface area contributed by atoms with Gasteiger partial charge in [0.1, 0.15) is 12.6 Å². The molecule has 112 valence electrons. The minimum absolute atomic E-state index is 0.111. The molecule has 0 bridgehead atoms. The van der Waals surface area contributed by atoms with E-state index < -0.39 is 6.04 Å². The molecular formula is C18H17NO3. The lowest BCUT2D eigenvalue weighted by Crippen LogP contribution is -2.40. The minimum Gasteiger partial charge on any atom is -0.459 e. The third-order valence-electron chi connectivity index (χ3n) is 3.88. The van der Waals surface area contributed by atoms with Gasteiger partial charge < -0.3 is 9.64 Å². The Kier molecular flexibility index (Phi) is 3.92. The summed E-state index contributed by atoms with van der Waals surface area (Å²) in [4.78, 5) is 26.1. The largest absolute Gasteiger partial charge is 0.459 e. The van der Waals surface area contributed by atoms with Crippen LogP contribution in [0.4, 0.5) is 0 Å². The first-order chi connectivity index (χ1) is 10.7. The van der Waals surface area contributed by atoms with Crippen LogP contribution in [-0.2, 0) is 22.7 Å². The van der Waals surface area contributed by atoms with Crippen molar-refractivity contribution in [3.05, 3.63) is 71.3 Å². The number of amides is 1. The Hall–Kier alpha value is -2.62. The number of carbonyl (C=O) groups is 2. The van der Waals surface area contributed by atoms with Crippen LogP contribution < -0.4 is 0 Å². The van der Waals surface area contributed by atoms with Crippen molar-refractivity contribution < 1.29 is 14.3 Å². The van der Waals surface area contributed by atoms with Crippen molar-refractivity contribution in [3.63, 3.8) is 0 Å². The lowest BCUT2D eigenvalue weighted by atomic mass is 10.1. The van der Waals surface area contributed by atoms with E-state index in [1.807, 2.05) is 48.5 Å². The maximum atomic E-state index is 12.3. The van der Waals surface area contributed by atoms with E-state index in [0.29, 0.717) is 12.1 Å². The highest BCUT2D eigenvalue weighted by molar-refractivity contribution is 6.00. The normalized spacial score (nSPS) is 14.6. The SMILES string of the molecule is CC(C(=O)OCc1ccccc1)N1Cc2ccccc2C1=O. The van der Waals surface area contributed by atoms with Gasteiger partial charge in [0.25, 0.3) is 5.91 Å². The summed E-state index contributed by atoms with van der Waals surface area (Å²) >= 11 is 0. The molecule has 0 N–H and O–H groups in total. The number of ether oxygens (including phenoxy) is 1. The molecule has 1 unspecified atom stereocenters. The fourth-order valence-corrected chi connectivity index (χ4v) is 2.57. The van der Waals surface area contributed by atoms with Crippen molar-refractivity contribution in [1.82, 2.24) is 4.90 Å². The summed E-state index contributed by atoms with van der Waals surface area (Å²) in [6, 6.07) is 16.3. The third-order valence-corrected chi connectivity index (χ3v) is 3.88. The van der Waals surface area contributed by atoms with E-state index in [9.17, 15) is 9.59 Å². The zero-order valence-corrected chi connectivity index (χ0v) is 12.4. The van der Waals surface area contributed by atoms with Crippen molar-refractivity contribution in [2.24, 2.45) is 0 Å². The fourth-order valence-electron chi connectivity index (χ4n) is 2.57. The van der Waals surface area contributed by atoms with Crippen LogP contribution in [0.3, 0.4) is 0 Å². The Bertz CT molecular complexity index is 696. The fraction of sp³-hybridized carbons (Fsp3) is 0.222. The number of rotatable bonds is 4. The molecule has 0 aliphatic carbocycles. The molecule has 1 amide bonds. The molecule has 0 fully saturated rings. The van der Waals surface area contributed by atoms with Crippen molar-refractivity contribution in [2.75, 3.05) is 0 Å². The maximum absolute atomic E-state index is 12.3. The van der Waals surface area contributed by atoms with Gasteiger partial charge in [-0.25, -0.2) is 4.79 Å². The molecule has 1 heterocycles. The van der Waals surface area contributed by atoms with E-state index in [4.69, 9.17) is 4.74 Å². The zero-order chi connectivity index (χ0) is 15.5. The molecule has 0 saturated carbocycles. The van der Waals surface area contributed by atoms with Crippen molar-refractivity contribution >= 4 is 11.9 Å². The van der Waals surface area contributed by atoms with Crippen LogP contribution in [-0.4, -0.2) is 22.8 Å². The first-order valence-corrected chi connectivity index (χ1v) is 7.26. The highest BCUT2D eigenvalue weighted by atomic mass is 16.5. The second kappa shape index (κ2) is 6.02. The van der Waals surface area contributed by atoms with Gasteiger partial charge in [-0.15, -0.1) is 0 Å². The molecule has 2 aromatic rings. The zero-order valence-electron chi connectivity index (χ0n) is 12.4. The first kappa shape index (κ1) is 14.3. The summed E-state index contributed by atoms with van der Waals surface area (Å²) in [6.45, 7) is 2.38. The Balaban J connectivity index is 1.64. The monoisotopic (exact) mass is 295 g/mol. The van der Waals surface area contributed by atoms with E-state index >= 15 is 0 Å². The third kappa shape index (κ3) is 2.72. The van der Waals surface area contributed by atoms with E-state index in [1.54, 1.807) is 17.9 Å². The highest BCUT2D eigenvalue weighted by Crippen LogP contribution is 2.24. The molecule has 22 heavy (non-hydrogen) atoms. The summed E-state index contributed by atoms with van der Waals surface area (Å²) in [5.41, 5.74) is 2.56. The van der Waals surface area contributed by atoms with Crippen LogP contribution in [0.5, 0.6) is 0 Å². The summed E-state index contributed by atoms with van der Waals surface area (Å²) in [5.74, 6) is -0.496. The molecule has 2 aromatic carbocycles. The van der Waals surface area contributed by atoms with Crippen molar-refractivity contribution in [1.29, 1.82) is 0 Å². The summed E-state index contributed by atoms with van der Waals surface area (Å²) in [7, 11) is 0. The number of hydrogen-bond acceptors (Lipinski definition) is 3. The van der Waals surface area contributed by atoms with E-state index in [0.717, 1.165) is 11.1 Å². The average Bonchev–Trinajstić information content (AvgIpc) is 2.90. The van der Waals surface area contributed by atoms with Gasteiger partial charge in [-0.1, -0.05) is 48.5 Å².